The van der Waals surface area contributed by atoms with Gasteiger partial charge in [-0.15, -0.1) is 0 Å². The number of rotatable bonds is 6. The van der Waals surface area contributed by atoms with Gasteiger partial charge in [0.25, 0.3) is 11.5 Å². The van der Waals surface area contributed by atoms with Gasteiger partial charge in [0.2, 0.25) is 6.79 Å². The molecule has 39 heavy (non-hydrogen) atoms. The molecule has 8 heteroatoms. The maximum atomic E-state index is 13.9. The maximum absolute atomic E-state index is 13.9. The minimum atomic E-state index is -0.432. The number of carbonyl (C=O) groups is 1. The topological polar surface area (TPSA) is 91.6 Å². The molecular formula is C31H31N3O5. The number of hydrogen-bond donors (Lipinski definition) is 1. The first-order valence-corrected chi connectivity index (χ1v) is 13.5. The molecule has 0 spiro atoms. The molecule has 1 saturated carbocycles. The Hall–Kier alpha value is -4.33. The molecule has 3 aromatic carbocycles. The molecule has 0 atom stereocenters. The number of benzene rings is 3. The van der Waals surface area contributed by atoms with Crippen LogP contribution in [0.2, 0.25) is 0 Å². The number of aryl methyl sites for hydroxylation is 1. The Morgan fingerprint density at radius 1 is 0.897 bits per heavy atom. The van der Waals surface area contributed by atoms with Crippen molar-refractivity contribution >= 4 is 16.8 Å². The summed E-state index contributed by atoms with van der Waals surface area (Å²) < 4.78 is 13.7. The van der Waals surface area contributed by atoms with Crippen molar-refractivity contribution in [1.82, 2.24) is 14.5 Å². The molecule has 0 unspecified atom stereocenters. The lowest BCUT2D eigenvalue weighted by atomic mass is 9.95. The number of carbonyl (C=O) groups excluding carboxylic acids is 1. The van der Waals surface area contributed by atoms with Crippen LogP contribution in [0.15, 0.2) is 70.3 Å². The summed E-state index contributed by atoms with van der Waals surface area (Å²) in [6.45, 7) is 2.50. The summed E-state index contributed by atoms with van der Waals surface area (Å²) in [7, 11) is 0. The fourth-order valence-corrected chi connectivity index (χ4v) is 5.55. The Morgan fingerprint density at radius 3 is 2.51 bits per heavy atom. The van der Waals surface area contributed by atoms with Crippen LogP contribution in [0.25, 0.3) is 10.9 Å². The standard InChI is InChI=1S/C31H31N3O5/c1-20-7-5-6-8-23(20)18-33-26-16-22(29(35)32-24-9-3-2-4-10-24)12-13-25(26)30(36)34(31(33)37)17-21-11-14-27-28(15-21)39-19-38-27/h5-8,11-16,24H,2-4,9-10,17-19H2,1H3,(H,32,35). The Kier molecular flexibility index (Phi) is 6.69. The van der Waals surface area contributed by atoms with E-state index in [1.807, 2.05) is 37.3 Å². The molecule has 1 aliphatic carbocycles. The third-order valence-corrected chi connectivity index (χ3v) is 7.80. The van der Waals surface area contributed by atoms with Gasteiger partial charge in [0, 0.05) is 11.6 Å². The van der Waals surface area contributed by atoms with Crippen LogP contribution in [0.1, 0.15) is 59.2 Å². The summed E-state index contributed by atoms with van der Waals surface area (Å²) in [5.41, 5.74) is 2.82. The lowest BCUT2D eigenvalue weighted by Crippen LogP contribution is -2.41. The number of ether oxygens (including phenoxy) is 2. The molecule has 1 aliphatic heterocycles. The van der Waals surface area contributed by atoms with E-state index >= 15 is 0 Å². The average molecular weight is 526 g/mol. The molecule has 200 valence electrons. The zero-order chi connectivity index (χ0) is 26.9. The van der Waals surface area contributed by atoms with Gasteiger partial charge in [0.15, 0.2) is 11.5 Å². The van der Waals surface area contributed by atoms with Crippen molar-refractivity contribution in [2.45, 2.75) is 58.2 Å². The average Bonchev–Trinajstić information content (AvgIpc) is 3.42. The van der Waals surface area contributed by atoms with Crippen molar-refractivity contribution in [2.24, 2.45) is 0 Å². The normalized spacial score (nSPS) is 15.0. The van der Waals surface area contributed by atoms with Crippen molar-refractivity contribution in [3.05, 3.63) is 104 Å². The van der Waals surface area contributed by atoms with E-state index in [9.17, 15) is 14.4 Å². The summed E-state index contributed by atoms with van der Waals surface area (Å²) in [5, 5.41) is 3.53. The minimum Gasteiger partial charge on any atom is -0.454 e. The van der Waals surface area contributed by atoms with Crippen LogP contribution < -0.4 is 26.0 Å². The van der Waals surface area contributed by atoms with Crippen molar-refractivity contribution in [1.29, 1.82) is 0 Å². The number of nitrogens with one attached hydrogen (secondary N) is 1. The molecule has 4 aromatic rings. The lowest BCUT2D eigenvalue weighted by Gasteiger charge is -2.23. The number of aromatic nitrogens is 2. The van der Waals surface area contributed by atoms with E-state index in [1.54, 1.807) is 34.9 Å². The van der Waals surface area contributed by atoms with Crippen molar-refractivity contribution < 1.29 is 14.3 Å². The van der Waals surface area contributed by atoms with Crippen LogP contribution in [0.3, 0.4) is 0 Å². The monoisotopic (exact) mass is 525 g/mol. The molecule has 0 saturated heterocycles. The molecule has 8 nitrogen and oxygen atoms in total. The van der Waals surface area contributed by atoms with Crippen LogP contribution in [0.5, 0.6) is 11.5 Å². The Morgan fingerprint density at radius 2 is 1.69 bits per heavy atom. The molecule has 1 N–H and O–H groups in total. The van der Waals surface area contributed by atoms with E-state index in [4.69, 9.17) is 9.47 Å². The van der Waals surface area contributed by atoms with Gasteiger partial charge >= 0.3 is 5.69 Å². The molecule has 6 rings (SSSR count). The van der Waals surface area contributed by atoms with Gasteiger partial charge in [-0.2, -0.15) is 0 Å². The molecule has 2 heterocycles. The Labute approximate surface area is 225 Å². The van der Waals surface area contributed by atoms with Gasteiger partial charge in [0.1, 0.15) is 0 Å². The highest BCUT2D eigenvalue weighted by molar-refractivity contribution is 5.98. The van der Waals surface area contributed by atoms with E-state index in [0.717, 1.165) is 42.4 Å². The fourth-order valence-electron chi connectivity index (χ4n) is 5.55. The summed E-state index contributed by atoms with van der Waals surface area (Å²) in [6, 6.07) is 18.4. The van der Waals surface area contributed by atoms with Crippen molar-refractivity contribution in [3.63, 3.8) is 0 Å². The van der Waals surface area contributed by atoms with Gasteiger partial charge in [0.05, 0.1) is 24.0 Å². The highest BCUT2D eigenvalue weighted by Crippen LogP contribution is 2.32. The second-order valence-electron chi connectivity index (χ2n) is 10.4. The second-order valence-corrected chi connectivity index (χ2v) is 10.4. The maximum Gasteiger partial charge on any atom is 0.332 e. The first-order valence-electron chi connectivity index (χ1n) is 13.5. The van der Waals surface area contributed by atoms with E-state index < -0.39 is 11.2 Å². The summed E-state index contributed by atoms with van der Waals surface area (Å²) in [4.78, 5) is 40.7. The Bertz CT molecular complexity index is 1680. The van der Waals surface area contributed by atoms with Crippen molar-refractivity contribution in [2.75, 3.05) is 6.79 Å². The number of amides is 1. The third-order valence-electron chi connectivity index (χ3n) is 7.80. The van der Waals surface area contributed by atoms with Crippen LogP contribution in [0.4, 0.5) is 0 Å². The smallest absolute Gasteiger partial charge is 0.332 e. The molecule has 0 bridgehead atoms. The van der Waals surface area contributed by atoms with Gasteiger partial charge in [-0.3, -0.25) is 18.7 Å². The van der Waals surface area contributed by atoms with E-state index in [0.29, 0.717) is 28.0 Å². The van der Waals surface area contributed by atoms with Gasteiger partial charge in [-0.25, -0.2) is 4.79 Å². The summed E-state index contributed by atoms with van der Waals surface area (Å²) >= 11 is 0. The quantitative estimate of drug-likeness (QED) is 0.404. The van der Waals surface area contributed by atoms with Gasteiger partial charge in [-0.05, 0) is 66.8 Å². The highest BCUT2D eigenvalue weighted by Gasteiger charge is 2.20. The third kappa shape index (κ3) is 4.94. The van der Waals surface area contributed by atoms with Crippen molar-refractivity contribution in [3.8, 4) is 11.5 Å². The number of hydrogen-bond acceptors (Lipinski definition) is 5. The predicted molar refractivity (Wildman–Crippen MR) is 149 cm³/mol. The van der Waals surface area contributed by atoms with E-state index in [2.05, 4.69) is 5.32 Å². The van der Waals surface area contributed by atoms with E-state index in [-0.39, 0.29) is 31.8 Å². The SMILES string of the molecule is Cc1ccccc1Cn1c(=O)n(Cc2ccc3c(c2)OCO3)c(=O)c2ccc(C(=O)NC3CCCCC3)cc21. The van der Waals surface area contributed by atoms with Crippen LogP contribution >= 0.6 is 0 Å². The molecule has 1 aromatic heterocycles. The van der Waals surface area contributed by atoms with Gasteiger partial charge < -0.3 is 14.8 Å². The molecule has 1 fully saturated rings. The van der Waals surface area contributed by atoms with Crippen LogP contribution in [-0.2, 0) is 13.1 Å². The largest absolute Gasteiger partial charge is 0.454 e. The first-order chi connectivity index (χ1) is 19.0. The molecular weight excluding hydrogens is 494 g/mol. The second kappa shape index (κ2) is 10.4. The van der Waals surface area contributed by atoms with E-state index in [1.165, 1.54) is 11.0 Å². The lowest BCUT2D eigenvalue weighted by molar-refractivity contribution is 0.0928. The van der Waals surface area contributed by atoms with Crippen LogP contribution in [-0.4, -0.2) is 27.9 Å². The molecule has 0 radical (unpaired) electrons. The highest BCUT2D eigenvalue weighted by atomic mass is 16.7. The number of nitrogens with zero attached hydrogens (tertiary/aromatic N) is 2. The summed E-state index contributed by atoms with van der Waals surface area (Å²) in [6.07, 6.45) is 5.37. The summed E-state index contributed by atoms with van der Waals surface area (Å²) in [5.74, 6) is 1.05. The molecule has 1 amide bonds. The number of fused-ring (bicyclic) bond motifs is 2. The fraction of sp³-hybridized carbons (Fsp3) is 0.323. The van der Waals surface area contributed by atoms with Gasteiger partial charge in [-0.1, -0.05) is 49.6 Å². The van der Waals surface area contributed by atoms with Crippen LogP contribution in [0, 0.1) is 6.92 Å². The predicted octanol–water partition coefficient (Wildman–Crippen LogP) is 4.36. The minimum absolute atomic E-state index is 0.0853. The zero-order valence-corrected chi connectivity index (χ0v) is 21.9. The molecule has 2 aliphatic rings. The first kappa shape index (κ1) is 25.0. The zero-order valence-electron chi connectivity index (χ0n) is 21.9. The Balaban J connectivity index is 1.44.